The lowest BCUT2D eigenvalue weighted by molar-refractivity contribution is -0.137. The average molecular weight is 290 g/mol. The topological polar surface area (TPSA) is 75.1 Å². The van der Waals surface area contributed by atoms with E-state index in [2.05, 4.69) is 0 Å². The summed E-state index contributed by atoms with van der Waals surface area (Å²) in [5.74, 6) is -3.03. The molecule has 0 fully saturated rings. The van der Waals surface area contributed by atoms with Gasteiger partial charge in [0.1, 0.15) is 0 Å². The van der Waals surface area contributed by atoms with Crippen molar-refractivity contribution in [1.29, 1.82) is 0 Å². The number of nitrogens with zero attached hydrogens (tertiary/aromatic N) is 1. The minimum absolute atomic E-state index is 0.228. The van der Waals surface area contributed by atoms with E-state index in [1.807, 2.05) is 0 Å². The summed E-state index contributed by atoms with van der Waals surface area (Å²) in [6.45, 7) is 0. The predicted octanol–water partition coefficient (Wildman–Crippen LogP) is 1.39. The smallest absolute Gasteiger partial charge is 0.416 e. The van der Waals surface area contributed by atoms with Gasteiger partial charge in [0.25, 0.3) is 5.56 Å². The van der Waals surface area contributed by atoms with Gasteiger partial charge in [-0.15, -0.1) is 0 Å². The van der Waals surface area contributed by atoms with E-state index >= 15 is 0 Å². The lowest BCUT2D eigenvalue weighted by Crippen LogP contribution is -2.31. The number of aromatic hydroxyl groups is 1. The van der Waals surface area contributed by atoms with Gasteiger partial charge in [-0.2, -0.15) is 17.6 Å². The molecule has 0 saturated carbocycles. The van der Waals surface area contributed by atoms with E-state index in [9.17, 15) is 32.3 Å². The van der Waals surface area contributed by atoms with Crippen LogP contribution in [0.15, 0.2) is 33.9 Å². The molecule has 1 aromatic carbocycles. The Morgan fingerprint density at radius 3 is 2.45 bits per heavy atom. The number of nitrogens with one attached hydrogen (secondary N) is 1. The zero-order valence-electron chi connectivity index (χ0n) is 9.53. The number of halogens is 4. The summed E-state index contributed by atoms with van der Waals surface area (Å²) in [4.78, 5) is 23.9. The van der Waals surface area contributed by atoms with Crippen molar-refractivity contribution in [1.82, 2.24) is 9.55 Å². The van der Waals surface area contributed by atoms with Crippen LogP contribution in [-0.2, 0) is 6.18 Å². The summed E-state index contributed by atoms with van der Waals surface area (Å²) in [7, 11) is 0. The van der Waals surface area contributed by atoms with Crippen LogP contribution >= 0.6 is 0 Å². The second-order valence-corrected chi connectivity index (χ2v) is 3.78. The lowest BCUT2D eigenvalue weighted by atomic mass is 10.2. The first-order valence-corrected chi connectivity index (χ1v) is 5.13. The number of aromatic amines is 1. The quantitative estimate of drug-likeness (QED) is 0.779. The molecule has 2 aromatic rings. The first-order chi connectivity index (χ1) is 9.21. The average Bonchev–Trinajstić information content (AvgIpc) is 2.35. The van der Waals surface area contributed by atoms with Crippen LogP contribution in [0.25, 0.3) is 5.69 Å². The molecule has 0 saturated heterocycles. The molecule has 0 spiro atoms. The molecule has 5 nitrogen and oxygen atoms in total. The normalized spacial score (nSPS) is 11.6. The fourth-order valence-corrected chi connectivity index (χ4v) is 1.56. The Labute approximate surface area is 107 Å². The van der Waals surface area contributed by atoms with Crippen molar-refractivity contribution in [3.05, 3.63) is 56.5 Å². The Hall–Kier alpha value is -2.58. The van der Waals surface area contributed by atoms with E-state index in [0.29, 0.717) is 6.07 Å². The molecule has 106 valence electrons. The maximum absolute atomic E-state index is 13.2. The summed E-state index contributed by atoms with van der Waals surface area (Å²) >= 11 is 0. The second-order valence-electron chi connectivity index (χ2n) is 3.78. The predicted molar refractivity (Wildman–Crippen MR) is 59.3 cm³/mol. The maximum atomic E-state index is 13.2. The summed E-state index contributed by atoms with van der Waals surface area (Å²) in [6.07, 6.45) is -4.67. The number of aromatic nitrogens is 2. The molecule has 0 aliphatic rings. The molecule has 0 amide bonds. The molecule has 1 aromatic heterocycles. The number of H-pyrrole nitrogens is 1. The van der Waals surface area contributed by atoms with E-state index in [4.69, 9.17) is 0 Å². The van der Waals surface area contributed by atoms with Crippen LogP contribution in [-0.4, -0.2) is 14.7 Å². The number of hydrogen-bond donors (Lipinski definition) is 2. The van der Waals surface area contributed by atoms with Crippen molar-refractivity contribution >= 4 is 0 Å². The number of rotatable bonds is 1. The third-order valence-corrected chi connectivity index (χ3v) is 2.46. The highest BCUT2D eigenvalue weighted by Crippen LogP contribution is 2.30. The summed E-state index contributed by atoms with van der Waals surface area (Å²) in [6, 6.07) is 3.31. The molecule has 2 N–H and O–H groups in total. The summed E-state index contributed by atoms with van der Waals surface area (Å²) < 4.78 is 51.1. The van der Waals surface area contributed by atoms with E-state index in [-0.39, 0.29) is 4.57 Å². The van der Waals surface area contributed by atoms with E-state index in [0.717, 1.165) is 18.2 Å². The molecule has 0 atom stereocenters. The molecule has 0 bridgehead atoms. The molecule has 0 aliphatic carbocycles. The van der Waals surface area contributed by atoms with E-state index in [1.165, 1.54) is 0 Å². The van der Waals surface area contributed by atoms with Crippen LogP contribution in [0.3, 0.4) is 0 Å². The Morgan fingerprint density at radius 2 is 1.85 bits per heavy atom. The molecule has 9 heteroatoms. The van der Waals surface area contributed by atoms with Crippen LogP contribution in [0.5, 0.6) is 5.88 Å². The fraction of sp³-hybridized carbons (Fsp3) is 0.0909. The van der Waals surface area contributed by atoms with Crippen LogP contribution in [0, 0.1) is 5.82 Å². The van der Waals surface area contributed by atoms with Crippen LogP contribution in [0.1, 0.15) is 5.56 Å². The fourth-order valence-electron chi connectivity index (χ4n) is 1.56. The van der Waals surface area contributed by atoms with Crippen molar-refractivity contribution in [2.75, 3.05) is 0 Å². The second kappa shape index (κ2) is 4.51. The third-order valence-electron chi connectivity index (χ3n) is 2.46. The van der Waals surface area contributed by atoms with Gasteiger partial charge in [-0.05, 0) is 18.2 Å². The van der Waals surface area contributed by atoms with E-state index < -0.39 is 40.4 Å². The van der Waals surface area contributed by atoms with Crippen molar-refractivity contribution in [3.63, 3.8) is 0 Å². The number of benzene rings is 1. The zero-order chi connectivity index (χ0) is 15.1. The van der Waals surface area contributed by atoms with Gasteiger partial charge in [-0.25, -0.2) is 9.36 Å². The maximum Gasteiger partial charge on any atom is 0.416 e. The van der Waals surface area contributed by atoms with Crippen molar-refractivity contribution in [3.8, 4) is 11.6 Å². The molecule has 20 heavy (non-hydrogen) atoms. The highest BCUT2D eigenvalue weighted by atomic mass is 19.4. The van der Waals surface area contributed by atoms with Crippen molar-refractivity contribution in [2.24, 2.45) is 0 Å². The van der Waals surface area contributed by atoms with Crippen LogP contribution in [0.2, 0.25) is 0 Å². The zero-order valence-corrected chi connectivity index (χ0v) is 9.53. The lowest BCUT2D eigenvalue weighted by Gasteiger charge is -2.11. The minimum atomic E-state index is -4.67. The van der Waals surface area contributed by atoms with Gasteiger partial charge >= 0.3 is 11.9 Å². The highest BCUT2D eigenvalue weighted by molar-refractivity contribution is 5.39. The minimum Gasteiger partial charge on any atom is -0.492 e. The monoisotopic (exact) mass is 290 g/mol. The molecule has 0 aliphatic heterocycles. The molecule has 0 radical (unpaired) electrons. The van der Waals surface area contributed by atoms with Crippen LogP contribution in [0.4, 0.5) is 17.6 Å². The summed E-state index contributed by atoms with van der Waals surface area (Å²) in [5, 5.41) is 9.39. The van der Waals surface area contributed by atoms with Gasteiger partial charge < -0.3 is 5.11 Å². The van der Waals surface area contributed by atoms with Gasteiger partial charge in [0.15, 0.2) is 0 Å². The van der Waals surface area contributed by atoms with Gasteiger partial charge in [-0.3, -0.25) is 9.78 Å². The van der Waals surface area contributed by atoms with Crippen LogP contribution < -0.4 is 11.2 Å². The first kappa shape index (κ1) is 13.8. The molecular weight excluding hydrogens is 284 g/mol. The van der Waals surface area contributed by atoms with Gasteiger partial charge in [0.2, 0.25) is 11.7 Å². The Kier molecular flexibility index (Phi) is 3.12. The highest BCUT2D eigenvalue weighted by Gasteiger charge is 2.31. The Bertz CT molecular complexity index is 776. The first-order valence-electron chi connectivity index (χ1n) is 5.13. The molecular formula is C11H6F4N2O3. The number of alkyl halides is 3. The van der Waals surface area contributed by atoms with Gasteiger partial charge in [-0.1, -0.05) is 6.07 Å². The van der Waals surface area contributed by atoms with E-state index in [1.54, 1.807) is 4.98 Å². The molecule has 2 rings (SSSR count). The molecule has 0 unspecified atom stereocenters. The van der Waals surface area contributed by atoms with Gasteiger partial charge in [0, 0.05) is 0 Å². The number of hydrogen-bond acceptors (Lipinski definition) is 3. The Balaban J connectivity index is 2.73. The largest absolute Gasteiger partial charge is 0.492 e. The Morgan fingerprint density at radius 1 is 1.20 bits per heavy atom. The van der Waals surface area contributed by atoms with Crippen molar-refractivity contribution < 1.29 is 22.7 Å². The standard InChI is InChI=1S/C11H6F4N2O3/c12-7-8(18)16-10(20)17(9(7)19)6-3-1-2-5(4-6)11(13,14)15/h1-4,19H,(H,16,18,20). The van der Waals surface area contributed by atoms with Gasteiger partial charge in [0.05, 0.1) is 11.3 Å². The summed E-state index contributed by atoms with van der Waals surface area (Å²) in [5.41, 5.74) is -4.24. The van der Waals surface area contributed by atoms with Crippen molar-refractivity contribution in [2.45, 2.75) is 6.18 Å². The molecule has 1 heterocycles. The third kappa shape index (κ3) is 2.29. The SMILES string of the molecule is O=c1[nH]c(=O)n(-c2cccc(C(F)(F)F)c2)c(O)c1F.